The molecule has 6 nitrogen and oxygen atoms in total. The first-order valence-corrected chi connectivity index (χ1v) is 5.78. The van der Waals surface area contributed by atoms with Gasteiger partial charge in [0.2, 0.25) is 0 Å². The molecule has 1 aromatic rings. The second-order valence-corrected chi connectivity index (χ2v) is 4.36. The molecule has 0 unspecified atom stereocenters. The molecule has 0 amide bonds. The molecule has 1 aromatic heterocycles. The lowest BCUT2D eigenvalue weighted by Gasteiger charge is -2.25. The number of ether oxygens (including phenoxy) is 1. The number of carbonyl (C=O) groups is 1. The number of carboxylic acid groups (broad SMARTS) is 1. The summed E-state index contributed by atoms with van der Waals surface area (Å²) in [6.07, 6.45) is 3.04. The Hall–Kier alpha value is -1.43. The van der Waals surface area contributed by atoms with Crippen LogP contribution in [0.25, 0.3) is 0 Å². The van der Waals surface area contributed by atoms with Crippen molar-refractivity contribution in [1.29, 1.82) is 0 Å². The Kier molecular flexibility index (Phi) is 3.73. The lowest BCUT2D eigenvalue weighted by molar-refractivity contribution is -0.144. The number of aryl methyl sites for hydroxylation is 1. The van der Waals surface area contributed by atoms with Crippen LogP contribution in [0.3, 0.4) is 0 Å². The Bertz CT molecular complexity index is 383. The van der Waals surface area contributed by atoms with Crippen molar-refractivity contribution in [3.63, 3.8) is 0 Å². The second kappa shape index (κ2) is 5.27. The molecule has 94 valence electrons. The summed E-state index contributed by atoms with van der Waals surface area (Å²) in [5.41, 5.74) is 0. The van der Waals surface area contributed by atoms with E-state index in [0.717, 1.165) is 12.8 Å². The Morgan fingerprint density at radius 2 is 2.18 bits per heavy atom. The Labute approximate surface area is 99.0 Å². The predicted octanol–water partition coefficient (Wildman–Crippen LogP) is 1.54. The van der Waals surface area contributed by atoms with Crippen molar-refractivity contribution in [2.45, 2.75) is 45.3 Å². The molecule has 1 aliphatic carbocycles. The third-order valence-corrected chi connectivity index (χ3v) is 3.04. The fraction of sp³-hybridized carbons (Fsp3) is 0.727. The molecule has 0 spiro atoms. The summed E-state index contributed by atoms with van der Waals surface area (Å²) >= 11 is 0. The van der Waals surface area contributed by atoms with Crippen LogP contribution < -0.4 is 0 Å². The van der Waals surface area contributed by atoms with Crippen molar-refractivity contribution < 1.29 is 19.2 Å². The van der Waals surface area contributed by atoms with Gasteiger partial charge in [0.25, 0.3) is 5.89 Å². The fourth-order valence-electron chi connectivity index (χ4n) is 2.06. The minimum atomic E-state index is -0.698. The van der Waals surface area contributed by atoms with Crippen LogP contribution in [-0.4, -0.2) is 27.3 Å². The van der Waals surface area contributed by atoms with E-state index in [1.807, 2.05) is 0 Å². The van der Waals surface area contributed by atoms with Crippen molar-refractivity contribution in [3.8, 4) is 0 Å². The zero-order chi connectivity index (χ0) is 12.3. The van der Waals surface area contributed by atoms with E-state index >= 15 is 0 Å². The van der Waals surface area contributed by atoms with Gasteiger partial charge in [-0.1, -0.05) is 5.16 Å². The summed E-state index contributed by atoms with van der Waals surface area (Å²) in [7, 11) is 0. The molecule has 1 N–H and O–H groups in total. The lowest BCUT2D eigenvalue weighted by atomic mass is 9.87. The predicted molar refractivity (Wildman–Crippen MR) is 57.2 cm³/mol. The summed E-state index contributed by atoms with van der Waals surface area (Å²) in [5.74, 6) is 0.164. The lowest BCUT2D eigenvalue weighted by Crippen LogP contribution is -2.25. The van der Waals surface area contributed by atoms with E-state index in [2.05, 4.69) is 10.1 Å². The number of nitrogens with zero attached hydrogens (tertiary/aromatic N) is 2. The maximum absolute atomic E-state index is 10.8. The van der Waals surface area contributed by atoms with Gasteiger partial charge in [0.1, 0.15) is 6.61 Å². The van der Waals surface area contributed by atoms with E-state index < -0.39 is 5.97 Å². The van der Waals surface area contributed by atoms with E-state index in [1.165, 1.54) is 0 Å². The van der Waals surface area contributed by atoms with Crippen LogP contribution in [0.15, 0.2) is 4.52 Å². The number of aliphatic carboxylic acids is 1. The van der Waals surface area contributed by atoms with E-state index in [4.69, 9.17) is 14.4 Å². The molecule has 0 aromatic carbocycles. The third kappa shape index (κ3) is 3.26. The Morgan fingerprint density at radius 3 is 2.71 bits per heavy atom. The quantitative estimate of drug-likeness (QED) is 0.859. The Balaban J connectivity index is 1.73. The van der Waals surface area contributed by atoms with Crippen molar-refractivity contribution in [3.05, 3.63) is 11.7 Å². The molecule has 6 heteroatoms. The van der Waals surface area contributed by atoms with E-state index in [1.54, 1.807) is 6.92 Å². The highest BCUT2D eigenvalue weighted by molar-refractivity contribution is 5.70. The number of hydrogen-bond acceptors (Lipinski definition) is 5. The van der Waals surface area contributed by atoms with E-state index in [0.29, 0.717) is 31.2 Å². The van der Waals surface area contributed by atoms with Crippen molar-refractivity contribution >= 4 is 5.97 Å². The van der Waals surface area contributed by atoms with E-state index in [-0.39, 0.29) is 12.0 Å². The van der Waals surface area contributed by atoms with Crippen LogP contribution in [0, 0.1) is 12.8 Å². The first-order valence-electron chi connectivity index (χ1n) is 5.78. The monoisotopic (exact) mass is 240 g/mol. The number of carboxylic acids is 1. The topological polar surface area (TPSA) is 85.5 Å². The standard InChI is InChI=1S/C11H16N2O4/c1-7-12-10(17-13-7)6-16-9-4-2-8(3-5-9)11(14)15/h8-9H,2-6H2,1H3,(H,14,15). The average molecular weight is 240 g/mol. The number of rotatable bonds is 4. The number of hydrogen-bond donors (Lipinski definition) is 1. The summed E-state index contributed by atoms with van der Waals surface area (Å²) in [5, 5.41) is 12.5. The first-order chi connectivity index (χ1) is 8.15. The molecule has 1 saturated carbocycles. The van der Waals surface area contributed by atoms with Gasteiger partial charge in [-0.15, -0.1) is 0 Å². The van der Waals surface area contributed by atoms with Gasteiger partial charge in [-0.2, -0.15) is 4.98 Å². The molecular weight excluding hydrogens is 224 g/mol. The zero-order valence-electron chi connectivity index (χ0n) is 9.76. The highest BCUT2D eigenvalue weighted by Gasteiger charge is 2.26. The first kappa shape index (κ1) is 12.0. The smallest absolute Gasteiger partial charge is 0.306 e. The van der Waals surface area contributed by atoms with Gasteiger partial charge in [0, 0.05) is 0 Å². The average Bonchev–Trinajstić information content (AvgIpc) is 2.73. The number of aromatic nitrogens is 2. The van der Waals surface area contributed by atoms with Gasteiger partial charge in [0.15, 0.2) is 5.82 Å². The SMILES string of the molecule is Cc1noc(COC2CCC(C(=O)O)CC2)n1. The highest BCUT2D eigenvalue weighted by Crippen LogP contribution is 2.26. The van der Waals surface area contributed by atoms with Gasteiger partial charge in [0.05, 0.1) is 12.0 Å². The highest BCUT2D eigenvalue weighted by atomic mass is 16.5. The molecule has 17 heavy (non-hydrogen) atoms. The Morgan fingerprint density at radius 1 is 1.47 bits per heavy atom. The fourth-order valence-corrected chi connectivity index (χ4v) is 2.06. The van der Waals surface area contributed by atoms with Gasteiger partial charge in [-0.25, -0.2) is 0 Å². The van der Waals surface area contributed by atoms with E-state index in [9.17, 15) is 4.79 Å². The normalized spacial score (nSPS) is 24.8. The molecule has 0 aliphatic heterocycles. The molecular formula is C11H16N2O4. The van der Waals surface area contributed by atoms with Gasteiger partial charge in [-0.3, -0.25) is 4.79 Å². The largest absolute Gasteiger partial charge is 0.481 e. The summed E-state index contributed by atoms with van der Waals surface area (Å²) in [6, 6.07) is 0. The van der Waals surface area contributed by atoms with Crippen molar-refractivity contribution in [2.75, 3.05) is 0 Å². The maximum Gasteiger partial charge on any atom is 0.306 e. The van der Waals surface area contributed by atoms with Gasteiger partial charge in [-0.05, 0) is 32.6 Å². The third-order valence-electron chi connectivity index (χ3n) is 3.04. The minimum Gasteiger partial charge on any atom is -0.481 e. The molecule has 0 radical (unpaired) electrons. The van der Waals surface area contributed by atoms with Crippen LogP contribution in [0.4, 0.5) is 0 Å². The van der Waals surface area contributed by atoms with Crippen LogP contribution >= 0.6 is 0 Å². The van der Waals surface area contributed by atoms with Crippen molar-refractivity contribution in [1.82, 2.24) is 10.1 Å². The minimum absolute atomic E-state index is 0.109. The van der Waals surface area contributed by atoms with Crippen LogP contribution in [-0.2, 0) is 16.1 Å². The molecule has 1 heterocycles. The summed E-state index contributed by atoms with van der Waals surface area (Å²) in [4.78, 5) is 14.8. The summed E-state index contributed by atoms with van der Waals surface area (Å²) < 4.78 is 10.6. The maximum atomic E-state index is 10.8. The molecule has 1 aliphatic rings. The molecule has 2 rings (SSSR count). The van der Waals surface area contributed by atoms with Crippen LogP contribution in [0.5, 0.6) is 0 Å². The second-order valence-electron chi connectivity index (χ2n) is 4.36. The molecule has 0 saturated heterocycles. The summed E-state index contributed by atoms with van der Waals surface area (Å²) in [6.45, 7) is 2.06. The van der Waals surface area contributed by atoms with Crippen LogP contribution in [0.2, 0.25) is 0 Å². The van der Waals surface area contributed by atoms with Crippen LogP contribution in [0.1, 0.15) is 37.4 Å². The molecule has 0 atom stereocenters. The van der Waals surface area contributed by atoms with Gasteiger partial charge >= 0.3 is 5.97 Å². The van der Waals surface area contributed by atoms with Gasteiger partial charge < -0.3 is 14.4 Å². The zero-order valence-corrected chi connectivity index (χ0v) is 9.76. The molecule has 0 bridgehead atoms. The van der Waals surface area contributed by atoms with Crippen molar-refractivity contribution in [2.24, 2.45) is 5.92 Å². The molecule has 1 fully saturated rings.